The van der Waals surface area contributed by atoms with Crippen molar-refractivity contribution >= 4 is 27.3 Å². The minimum Gasteiger partial charge on any atom is -0.479 e. The number of fused-ring (bicyclic) bond motifs is 1. The SMILES string of the molecule is COCCO[C@]1(C(=O)O)CC[C@@H](c2nc3c(-c4ccc(-c5ccccn5)nc4)cnn3c(N)c2S(C)(=O)=O)CC1. The molecule has 5 rings (SSSR count). The van der Waals surface area contributed by atoms with Crippen molar-refractivity contribution in [3.05, 3.63) is 54.6 Å². The Hall–Kier alpha value is -3.94. The van der Waals surface area contributed by atoms with E-state index in [4.69, 9.17) is 20.2 Å². The molecule has 210 valence electrons. The average Bonchev–Trinajstić information content (AvgIpc) is 3.38. The molecule has 12 nitrogen and oxygen atoms in total. The Labute approximate surface area is 231 Å². The summed E-state index contributed by atoms with van der Waals surface area (Å²) in [4.78, 5) is 25.7. The van der Waals surface area contributed by atoms with E-state index in [9.17, 15) is 18.3 Å². The molecule has 0 aromatic carbocycles. The van der Waals surface area contributed by atoms with Gasteiger partial charge in [-0.25, -0.2) is 18.2 Å². The summed E-state index contributed by atoms with van der Waals surface area (Å²) in [7, 11) is -2.27. The number of rotatable bonds is 9. The summed E-state index contributed by atoms with van der Waals surface area (Å²) in [6.07, 6.45) is 7.13. The third-order valence-electron chi connectivity index (χ3n) is 7.27. The van der Waals surface area contributed by atoms with Gasteiger partial charge in [-0.15, -0.1) is 0 Å². The van der Waals surface area contributed by atoms with E-state index in [0.29, 0.717) is 35.4 Å². The van der Waals surface area contributed by atoms with Crippen LogP contribution in [0.1, 0.15) is 37.3 Å². The van der Waals surface area contributed by atoms with Crippen molar-refractivity contribution in [2.75, 3.05) is 32.3 Å². The Balaban J connectivity index is 1.53. The molecule has 0 spiro atoms. The maximum atomic E-state index is 12.9. The largest absolute Gasteiger partial charge is 0.479 e. The first-order valence-corrected chi connectivity index (χ1v) is 14.6. The van der Waals surface area contributed by atoms with Crippen LogP contribution in [0.15, 0.2) is 53.8 Å². The second kappa shape index (κ2) is 10.9. The monoisotopic (exact) mass is 566 g/mol. The molecule has 0 saturated heterocycles. The van der Waals surface area contributed by atoms with Crippen LogP contribution in [0.3, 0.4) is 0 Å². The van der Waals surface area contributed by atoms with E-state index in [1.54, 1.807) is 18.6 Å². The van der Waals surface area contributed by atoms with Crippen LogP contribution in [0.25, 0.3) is 28.2 Å². The molecule has 1 aliphatic rings. The van der Waals surface area contributed by atoms with Crippen LogP contribution in [-0.2, 0) is 24.1 Å². The highest BCUT2D eigenvalue weighted by molar-refractivity contribution is 7.91. The fraction of sp³-hybridized carbons (Fsp3) is 0.370. The van der Waals surface area contributed by atoms with Gasteiger partial charge in [0.1, 0.15) is 10.7 Å². The zero-order chi connectivity index (χ0) is 28.5. The van der Waals surface area contributed by atoms with E-state index in [2.05, 4.69) is 15.1 Å². The highest BCUT2D eigenvalue weighted by atomic mass is 32.2. The van der Waals surface area contributed by atoms with E-state index in [1.165, 1.54) is 11.6 Å². The lowest BCUT2D eigenvalue weighted by Crippen LogP contribution is -2.45. The molecule has 0 amide bonds. The number of anilines is 1. The van der Waals surface area contributed by atoms with Crippen molar-refractivity contribution < 1.29 is 27.8 Å². The number of methoxy groups -OCH3 is 1. The number of nitrogens with zero attached hydrogens (tertiary/aromatic N) is 5. The van der Waals surface area contributed by atoms with Crippen LogP contribution in [0.4, 0.5) is 5.82 Å². The van der Waals surface area contributed by atoms with Crippen LogP contribution in [-0.4, -0.2) is 76.2 Å². The number of ether oxygens (including phenoxy) is 2. The van der Waals surface area contributed by atoms with Crippen molar-refractivity contribution in [3.63, 3.8) is 0 Å². The van der Waals surface area contributed by atoms with E-state index in [0.717, 1.165) is 17.5 Å². The topological polar surface area (TPSA) is 172 Å². The van der Waals surface area contributed by atoms with Gasteiger partial charge in [0.15, 0.2) is 21.1 Å². The molecule has 1 fully saturated rings. The fourth-order valence-electron chi connectivity index (χ4n) is 5.20. The molecule has 1 aliphatic carbocycles. The lowest BCUT2D eigenvalue weighted by molar-refractivity contribution is -0.173. The molecule has 40 heavy (non-hydrogen) atoms. The lowest BCUT2D eigenvalue weighted by atomic mass is 9.77. The Morgan fingerprint density at radius 1 is 1.12 bits per heavy atom. The number of pyridine rings is 2. The predicted octanol–water partition coefficient (Wildman–Crippen LogP) is 2.98. The number of carbonyl (C=O) groups is 1. The van der Waals surface area contributed by atoms with Gasteiger partial charge in [0, 0.05) is 42.8 Å². The van der Waals surface area contributed by atoms with Crippen molar-refractivity contribution in [1.82, 2.24) is 24.6 Å². The minimum atomic E-state index is -3.79. The van der Waals surface area contributed by atoms with E-state index in [1.807, 2.05) is 30.3 Å². The summed E-state index contributed by atoms with van der Waals surface area (Å²) >= 11 is 0. The molecule has 4 aromatic heterocycles. The van der Waals surface area contributed by atoms with Gasteiger partial charge in [-0.2, -0.15) is 9.61 Å². The summed E-state index contributed by atoms with van der Waals surface area (Å²) in [5.74, 6) is -1.44. The molecule has 0 atom stereocenters. The van der Waals surface area contributed by atoms with Crippen LogP contribution >= 0.6 is 0 Å². The highest BCUT2D eigenvalue weighted by Gasteiger charge is 2.44. The molecule has 0 aliphatic heterocycles. The van der Waals surface area contributed by atoms with Crippen LogP contribution in [0.2, 0.25) is 0 Å². The molecule has 4 aromatic rings. The average molecular weight is 567 g/mol. The van der Waals surface area contributed by atoms with Crippen molar-refractivity contribution in [3.8, 4) is 22.5 Å². The third-order valence-corrected chi connectivity index (χ3v) is 8.43. The lowest BCUT2D eigenvalue weighted by Gasteiger charge is -2.36. The first-order chi connectivity index (χ1) is 19.1. The van der Waals surface area contributed by atoms with Gasteiger partial charge in [-0.05, 0) is 43.9 Å². The number of hydrogen-bond acceptors (Lipinski definition) is 10. The molecule has 4 heterocycles. The first kappa shape index (κ1) is 27.6. The normalized spacial score (nSPS) is 19.6. The molecule has 0 bridgehead atoms. The maximum Gasteiger partial charge on any atom is 0.335 e. The van der Waals surface area contributed by atoms with Gasteiger partial charge < -0.3 is 20.3 Å². The van der Waals surface area contributed by atoms with Crippen LogP contribution in [0, 0.1) is 0 Å². The van der Waals surface area contributed by atoms with Crippen molar-refractivity contribution in [2.24, 2.45) is 0 Å². The minimum absolute atomic E-state index is 0.0433. The van der Waals surface area contributed by atoms with Crippen LogP contribution < -0.4 is 5.73 Å². The maximum absolute atomic E-state index is 12.9. The molecular formula is C27H30N6O6S. The summed E-state index contributed by atoms with van der Waals surface area (Å²) in [5.41, 5.74) is 8.53. The Kier molecular flexibility index (Phi) is 7.53. The number of aromatic nitrogens is 5. The van der Waals surface area contributed by atoms with Gasteiger partial charge in [0.25, 0.3) is 0 Å². The number of sulfone groups is 1. The second-order valence-corrected chi connectivity index (χ2v) is 11.8. The van der Waals surface area contributed by atoms with E-state index in [-0.39, 0.29) is 42.7 Å². The number of nitrogen functional groups attached to an aromatic ring is 1. The van der Waals surface area contributed by atoms with Gasteiger partial charge in [-0.1, -0.05) is 12.1 Å². The van der Waals surface area contributed by atoms with Gasteiger partial charge in [0.2, 0.25) is 0 Å². The number of carboxylic acids is 1. The predicted molar refractivity (Wildman–Crippen MR) is 146 cm³/mol. The van der Waals surface area contributed by atoms with E-state index < -0.39 is 21.4 Å². The number of carboxylic acid groups (broad SMARTS) is 1. The fourth-order valence-corrected chi connectivity index (χ4v) is 6.25. The van der Waals surface area contributed by atoms with Gasteiger partial charge in [0.05, 0.1) is 36.5 Å². The number of aliphatic carboxylic acids is 1. The quantitative estimate of drug-likeness (QED) is 0.285. The molecule has 1 saturated carbocycles. The van der Waals surface area contributed by atoms with Crippen molar-refractivity contribution in [1.29, 1.82) is 0 Å². The second-order valence-electron chi connectivity index (χ2n) is 9.84. The Morgan fingerprint density at radius 3 is 2.48 bits per heavy atom. The molecule has 0 unspecified atom stereocenters. The number of hydrogen-bond donors (Lipinski definition) is 2. The zero-order valence-electron chi connectivity index (χ0n) is 22.1. The Morgan fingerprint density at radius 2 is 1.88 bits per heavy atom. The molecular weight excluding hydrogens is 536 g/mol. The van der Waals surface area contributed by atoms with Gasteiger partial charge >= 0.3 is 5.97 Å². The van der Waals surface area contributed by atoms with Crippen LogP contribution in [0.5, 0.6) is 0 Å². The van der Waals surface area contributed by atoms with Gasteiger partial charge in [-0.3, -0.25) is 9.97 Å². The Bertz CT molecular complexity index is 1630. The first-order valence-electron chi connectivity index (χ1n) is 12.8. The zero-order valence-corrected chi connectivity index (χ0v) is 23.0. The molecule has 13 heteroatoms. The summed E-state index contributed by atoms with van der Waals surface area (Å²) in [5, 5.41) is 14.3. The highest BCUT2D eigenvalue weighted by Crippen LogP contribution is 2.43. The summed E-state index contributed by atoms with van der Waals surface area (Å²) in [6, 6.07) is 9.29. The summed E-state index contributed by atoms with van der Waals surface area (Å²) < 4.78 is 37.9. The smallest absolute Gasteiger partial charge is 0.335 e. The van der Waals surface area contributed by atoms with E-state index >= 15 is 0 Å². The molecule has 3 N–H and O–H groups in total. The molecule has 0 radical (unpaired) electrons. The summed E-state index contributed by atoms with van der Waals surface area (Å²) in [6.45, 7) is 0.415. The standard InChI is InChI=1S/C27H30N6O6S/c1-38-13-14-39-27(26(34)35)10-8-17(9-11-27)22-23(40(2,36)37)24(28)33-25(32-22)19(16-31-33)18-6-7-21(30-15-18)20-5-3-4-12-29-20/h3-7,12,15-17H,8-11,13-14,28H2,1-2H3,(H,34,35)/t17-,27-. The number of nitrogens with two attached hydrogens (primary N) is 1. The third kappa shape index (κ3) is 5.15. The van der Waals surface area contributed by atoms with Crippen molar-refractivity contribution in [2.45, 2.75) is 42.1 Å².